The van der Waals surface area contributed by atoms with E-state index in [9.17, 15) is 9.59 Å². The molecule has 2 N–H and O–H groups in total. The maximum atomic E-state index is 11.7. The van der Waals surface area contributed by atoms with Gasteiger partial charge in [0.25, 0.3) is 0 Å². The summed E-state index contributed by atoms with van der Waals surface area (Å²) in [6.45, 7) is 0. The van der Waals surface area contributed by atoms with Crippen LogP contribution < -0.4 is 10.9 Å². The summed E-state index contributed by atoms with van der Waals surface area (Å²) in [6.07, 6.45) is 2.81. The van der Waals surface area contributed by atoms with Gasteiger partial charge in [-0.05, 0) is 35.4 Å². The second-order valence-corrected chi connectivity index (χ2v) is 5.55. The first-order valence-corrected chi connectivity index (χ1v) is 8.25. The number of rotatable bonds is 7. The number of hydrazone groups is 2. The van der Waals surface area contributed by atoms with Gasteiger partial charge in [-0.15, -0.1) is 0 Å². The highest BCUT2D eigenvalue weighted by Gasteiger charge is 2.05. The van der Waals surface area contributed by atoms with Gasteiger partial charge in [0, 0.05) is 12.8 Å². The Hall–Kier alpha value is -4.30. The Morgan fingerprint density at radius 1 is 0.750 bits per heavy atom. The van der Waals surface area contributed by atoms with Crippen molar-refractivity contribution in [1.82, 2.24) is 10.9 Å². The van der Waals surface area contributed by atoms with E-state index in [0.717, 1.165) is 11.1 Å². The van der Waals surface area contributed by atoms with E-state index in [1.807, 2.05) is 12.1 Å². The maximum absolute atomic E-state index is 11.7. The molecule has 138 valence electrons. The SMILES string of the molecule is N#Cc1ccc(/C=N/NC(=O)CCC(=O)N/N=C/c2ccc(C#N)cc2)cc1. The Balaban J connectivity index is 1.69. The molecule has 2 amide bonds. The zero-order valence-electron chi connectivity index (χ0n) is 14.8. The van der Waals surface area contributed by atoms with Gasteiger partial charge >= 0.3 is 0 Å². The normalized spacial score (nSPS) is 10.4. The van der Waals surface area contributed by atoms with Crippen LogP contribution in [0.5, 0.6) is 0 Å². The second kappa shape index (κ2) is 10.6. The molecule has 0 aromatic heterocycles. The number of carbonyl (C=O) groups excluding carboxylic acids is 2. The lowest BCUT2D eigenvalue weighted by atomic mass is 10.2. The molecule has 2 aromatic carbocycles. The predicted molar refractivity (Wildman–Crippen MR) is 103 cm³/mol. The number of nitriles is 2. The van der Waals surface area contributed by atoms with Gasteiger partial charge < -0.3 is 0 Å². The van der Waals surface area contributed by atoms with E-state index in [1.165, 1.54) is 12.4 Å². The summed E-state index contributed by atoms with van der Waals surface area (Å²) in [5.41, 5.74) is 7.19. The third-order valence-electron chi connectivity index (χ3n) is 3.46. The molecule has 0 radical (unpaired) electrons. The first-order valence-electron chi connectivity index (χ1n) is 8.25. The Morgan fingerprint density at radius 3 is 1.43 bits per heavy atom. The summed E-state index contributed by atoms with van der Waals surface area (Å²) in [5.74, 6) is -0.813. The van der Waals surface area contributed by atoms with Crippen LogP contribution in [0.15, 0.2) is 58.7 Å². The molecule has 0 unspecified atom stereocenters. The molecule has 0 fully saturated rings. The smallest absolute Gasteiger partial charge is 0.240 e. The van der Waals surface area contributed by atoms with Crippen molar-refractivity contribution in [2.75, 3.05) is 0 Å². The highest BCUT2D eigenvalue weighted by atomic mass is 16.2. The fourth-order valence-corrected chi connectivity index (χ4v) is 1.98. The molecule has 0 saturated heterocycles. The minimum absolute atomic E-state index is 0.0388. The van der Waals surface area contributed by atoms with E-state index in [4.69, 9.17) is 10.5 Å². The van der Waals surface area contributed by atoms with Crippen LogP contribution in [-0.2, 0) is 9.59 Å². The molecule has 0 bridgehead atoms. The van der Waals surface area contributed by atoms with Crippen LogP contribution in [-0.4, -0.2) is 24.2 Å². The third-order valence-corrected chi connectivity index (χ3v) is 3.46. The Bertz CT molecular complexity index is 882. The first kappa shape index (κ1) is 20.0. The highest BCUT2D eigenvalue weighted by Crippen LogP contribution is 2.01. The van der Waals surface area contributed by atoms with E-state index < -0.39 is 11.8 Å². The van der Waals surface area contributed by atoms with Crippen molar-refractivity contribution in [3.8, 4) is 12.1 Å². The van der Waals surface area contributed by atoms with E-state index in [2.05, 4.69) is 21.1 Å². The summed E-state index contributed by atoms with van der Waals surface area (Å²) in [7, 11) is 0. The fourth-order valence-electron chi connectivity index (χ4n) is 1.98. The number of hydrogen-bond donors (Lipinski definition) is 2. The lowest BCUT2D eigenvalue weighted by Crippen LogP contribution is -2.22. The van der Waals surface area contributed by atoms with Crippen molar-refractivity contribution in [3.05, 3.63) is 70.8 Å². The summed E-state index contributed by atoms with van der Waals surface area (Å²) in [6, 6.07) is 17.4. The quantitative estimate of drug-likeness (QED) is 0.567. The van der Waals surface area contributed by atoms with Crippen molar-refractivity contribution < 1.29 is 9.59 Å². The standard InChI is InChI=1S/C20H16N6O2/c21-11-15-1-5-17(6-2-15)13-23-25-19(27)9-10-20(28)26-24-14-18-7-3-16(12-22)4-8-18/h1-8,13-14H,9-10H2,(H,25,27)(H,26,28)/b23-13+,24-14+. The molecular weight excluding hydrogens is 356 g/mol. The van der Waals surface area contributed by atoms with Crippen molar-refractivity contribution in [3.63, 3.8) is 0 Å². The van der Waals surface area contributed by atoms with Crippen LogP contribution in [0.3, 0.4) is 0 Å². The molecule has 2 aromatic rings. The summed E-state index contributed by atoms with van der Waals surface area (Å²) >= 11 is 0. The van der Waals surface area contributed by atoms with Crippen molar-refractivity contribution in [1.29, 1.82) is 10.5 Å². The van der Waals surface area contributed by atoms with Crippen LogP contribution in [0.25, 0.3) is 0 Å². The van der Waals surface area contributed by atoms with Gasteiger partial charge in [0.05, 0.1) is 35.7 Å². The number of benzene rings is 2. The maximum Gasteiger partial charge on any atom is 0.240 e. The third kappa shape index (κ3) is 6.90. The molecule has 8 nitrogen and oxygen atoms in total. The molecule has 0 saturated carbocycles. The van der Waals surface area contributed by atoms with Crippen LogP contribution in [0.1, 0.15) is 35.1 Å². The number of carbonyl (C=O) groups is 2. The van der Waals surface area contributed by atoms with Crippen LogP contribution >= 0.6 is 0 Å². The van der Waals surface area contributed by atoms with Crippen LogP contribution in [0.2, 0.25) is 0 Å². The van der Waals surface area contributed by atoms with Gasteiger partial charge in [-0.1, -0.05) is 24.3 Å². The van der Waals surface area contributed by atoms with Gasteiger partial charge in [0.2, 0.25) is 11.8 Å². The van der Waals surface area contributed by atoms with E-state index in [1.54, 1.807) is 48.5 Å². The van der Waals surface area contributed by atoms with E-state index in [0.29, 0.717) is 11.1 Å². The molecule has 0 aliphatic rings. The number of hydrogen-bond acceptors (Lipinski definition) is 6. The van der Waals surface area contributed by atoms with E-state index >= 15 is 0 Å². The second-order valence-electron chi connectivity index (χ2n) is 5.55. The Labute approximate surface area is 161 Å². The number of nitrogens with zero attached hydrogens (tertiary/aromatic N) is 4. The largest absolute Gasteiger partial charge is 0.273 e. The van der Waals surface area contributed by atoms with Crippen molar-refractivity contribution >= 4 is 24.2 Å². The fraction of sp³-hybridized carbons (Fsp3) is 0.100. The zero-order chi connectivity index (χ0) is 20.2. The molecule has 8 heteroatoms. The van der Waals surface area contributed by atoms with Crippen LogP contribution in [0, 0.1) is 22.7 Å². The molecular formula is C20H16N6O2. The molecule has 0 heterocycles. The van der Waals surface area contributed by atoms with Gasteiger partial charge in [0.15, 0.2) is 0 Å². The average Bonchev–Trinajstić information content (AvgIpc) is 2.73. The minimum atomic E-state index is -0.406. The van der Waals surface area contributed by atoms with Crippen LogP contribution in [0.4, 0.5) is 0 Å². The lowest BCUT2D eigenvalue weighted by Gasteiger charge is -2.00. The monoisotopic (exact) mass is 372 g/mol. The van der Waals surface area contributed by atoms with E-state index in [-0.39, 0.29) is 12.8 Å². The molecule has 0 atom stereocenters. The molecule has 0 aliphatic carbocycles. The average molecular weight is 372 g/mol. The highest BCUT2D eigenvalue weighted by molar-refractivity contribution is 5.86. The van der Waals surface area contributed by atoms with Gasteiger partial charge in [-0.2, -0.15) is 20.7 Å². The predicted octanol–water partition coefficient (Wildman–Crippen LogP) is 1.81. The molecule has 0 spiro atoms. The Morgan fingerprint density at radius 2 is 1.11 bits per heavy atom. The topological polar surface area (TPSA) is 130 Å². The van der Waals surface area contributed by atoms with Gasteiger partial charge in [-0.3, -0.25) is 9.59 Å². The molecule has 0 aliphatic heterocycles. The first-order chi connectivity index (χ1) is 13.6. The summed E-state index contributed by atoms with van der Waals surface area (Å²) < 4.78 is 0. The minimum Gasteiger partial charge on any atom is -0.273 e. The summed E-state index contributed by atoms with van der Waals surface area (Å²) in [5, 5.41) is 25.0. The van der Waals surface area contributed by atoms with Crippen molar-refractivity contribution in [2.24, 2.45) is 10.2 Å². The molecule has 28 heavy (non-hydrogen) atoms. The van der Waals surface area contributed by atoms with Crippen molar-refractivity contribution in [2.45, 2.75) is 12.8 Å². The van der Waals surface area contributed by atoms with Gasteiger partial charge in [0.1, 0.15) is 0 Å². The number of nitrogens with one attached hydrogen (secondary N) is 2. The molecule has 2 rings (SSSR count). The summed E-state index contributed by atoms with van der Waals surface area (Å²) in [4.78, 5) is 23.4. The Kier molecular flexibility index (Phi) is 7.60. The lowest BCUT2D eigenvalue weighted by molar-refractivity contribution is -0.126. The van der Waals surface area contributed by atoms with Gasteiger partial charge in [-0.25, -0.2) is 10.9 Å². The number of amides is 2. The zero-order valence-corrected chi connectivity index (χ0v) is 14.8.